The van der Waals surface area contributed by atoms with Crippen molar-refractivity contribution >= 4 is 27.7 Å². The molecule has 0 saturated heterocycles. The van der Waals surface area contributed by atoms with Gasteiger partial charge in [0.1, 0.15) is 11.6 Å². The molecule has 0 aliphatic heterocycles. The minimum Gasteiger partial charge on any atom is -0.484 e. The van der Waals surface area contributed by atoms with Gasteiger partial charge < -0.3 is 10.1 Å². The third kappa shape index (κ3) is 4.81. The molecule has 5 heteroatoms. The molecule has 1 aromatic heterocycles. The Morgan fingerprint density at radius 3 is 2.54 bits per heavy atom. The summed E-state index contributed by atoms with van der Waals surface area (Å²) in [7, 11) is 0. The molecule has 0 bridgehead atoms. The standard InChI is InChI=1S/C19H21BrN2O2/c20-16-8-11-18(21-12-16)22-19(23)13-24-17-9-6-15(7-10-17)14-4-2-1-3-5-14/h6-12,14H,1-5,13H2,(H,21,22,23). The van der Waals surface area contributed by atoms with Crippen LogP contribution in [0.5, 0.6) is 5.75 Å². The minimum absolute atomic E-state index is 0.0273. The highest BCUT2D eigenvalue weighted by Gasteiger charge is 2.15. The number of halogens is 1. The fraction of sp³-hybridized carbons (Fsp3) is 0.368. The molecule has 1 saturated carbocycles. The summed E-state index contributed by atoms with van der Waals surface area (Å²) in [5, 5.41) is 2.71. The van der Waals surface area contributed by atoms with Gasteiger partial charge in [0.15, 0.2) is 6.61 Å². The predicted octanol–water partition coefficient (Wildman–Crippen LogP) is 4.91. The van der Waals surface area contributed by atoms with Crippen LogP contribution in [-0.4, -0.2) is 17.5 Å². The Morgan fingerprint density at radius 1 is 1.12 bits per heavy atom. The van der Waals surface area contributed by atoms with Crippen molar-refractivity contribution in [3.63, 3.8) is 0 Å². The zero-order valence-electron chi connectivity index (χ0n) is 13.5. The van der Waals surface area contributed by atoms with Crippen molar-refractivity contribution in [1.82, 2.24) is 4.98 Å². The van der Waals surface area contributed by atoms with E-state index in [2.05, 4.69) is 38.4 Å². The van der Waals surface area contributed by atoms with Gasteiger partial charge in [-0.05, 0) is 64.5 Å². The van der Waals surface area contributed by atoms with Gasteiger partial charge in [-0.3, -0.25) is 4.79 Å². The Labute approximate surface area is 150 Å². The van der Waals surface area contributed by atoms with Gasteiger partial charge in [0.2, 0.25) is 0 Å². The number of pyridine rings is 1. The van der Waals surface area contributed by atoms with Crippen LogP contribution in [0.3, 0.4) is 0 Å². The van der Waals surface area contributed by atoms with Crippen LogP contribution in [-0.2, 0) is 4.79 Å². The first kappa shape index (κ1) is 17.0. The fourth-order valence-corrected chi connectivity index (χ4v) is 3.28. The highest BCUT2D eigenvalue weighted by Crippen LogP contribution is 2.33. The second-order valence-electron chi connectivity index (χ2n) is 6.10. The fourth-order valence-electron chi connectivity index (χ4n) is 3.05. The van der Waals surface area contributed by atoms with Crippen LogP contribution in [0.15, 0.2) is 47.1 Å². The van der Waals surface area contributed by atoms with E-state index >= 15 is 0 Å². The minimum atomic E-state index is -0.221. The summed E-state index contributed by atoms with van der Waals surface area (Å²) >= 11 is 3.31. The van der Waals surface area contributed by atoms with E-state index in [1.807, 2.05) is 18.2 Å². The number of nitrogens with one attached hydrogen (secondary N) is 1. The molecule has 2 aromatic rings. The molecule has 0 spiro atoms. The Hall–Kier alpha value is -1.88. The molecule has 1 aliphatic rings. The highest BCUT2D eigenvalue weighted by atomic mass is 79.9. The van der Waals surface area contributed by atoms with Gasteiger partial charge in [-0.2, -0.15) is 0 Å². The smallest absolute Gasteiger partial charge is 0.263 e. The second-order valence-corrected chi connectivity index (χ2v) is 7.02. The van der Waals surface area contributed by atoms with Crippen molar-refractivity contribution in [2.45, 2.75) is 38.0 Å². The highest BCUT2D eigenvalue weighted by molar-refractivity contribution is 9.10. The lowest BCUT2D eigenvalue weighted by molar-refractivity contribution is -0.118. The monoisotopic (exact) mass is 388 g/mol. The first-order chi connectivity index (χ1) is 11.7. The third-order valence-corrected chi connectivity index (χ3v) is 4.79. The Bertz CT molecular complexity index is 665. The number of aromatic nitrogens is 1. The Morgan fingerprint density at radius 2 is 1.88 bits per heavy atom. The van der Waals surface area contributed by atoms with Crippen LogP contribution in [0, 0.1) is 0 Å². The normalized spacial score (nSPS) is 15.0. The molecule has 1 amide bonds. The van der Waals surface area contributed by atoms with Crippen LogP contribution < -0.4 is 10.1 Å². The molecule has 1 N–H and O–H groups in total. The van der Waals surface area contributed by atoms with E-state index in [-0.39, 0.29) is 12.5 Å². The lowest BCUT2D eigenvalue weighted by atomic mass is 9.84. The van der Waals surface area contributed by atoms with Crippen molar-refractivity contribution in [3.05, 3.63) is 52.6 Å². The molecule has 1 fully saturated rings. The van der Waals surface area contributed by atoms with Crippen LogP contribution >= 0.6 is 15.9 Å². The molecular formula is C19H21BrN2O2. The maximum atomic E-state index is 11.9. The summed E-state index contributed by atoms with van der Waals surface area (Å²) in [5.74, 6) is 1.69. The zero-order chi connectivity index (χ0) is 16.8. The molecule has 126 valence electrons. The van der Waals surface area contributed by atoms with Crippen LogP contribution in [0.4, 0.5) is 5.82 Å². The van der Waals surface area contributed by atoms with E-state index in [0.717, 1.165) is 4.47 Å². The summed E-state index contributed by atoms with van der Waals surface area (Å²) in [4.78, 5) is 16.0. The summed E-state index contributed by atoms with van der Waals surface area (Å²) in [6.07, 6.45) is 8.21. The van der Waals surface area contributed by atoms with Crippen LogP contribution in [0.25, 0.3) is 0 Å². The molecule has 0 unspecified atom stereocenters. The summed E-state index contributed by atoms with van der Waals surface area (Å²) in [6.45, 7) is -0.0273. The molecule has 1 aromatic carbocycles. The maximum absolute atomic E-state index is 11.9. The number of hydrogen-bond acceptors (Lipinski definition) is 3. The van der Waals surface area contributed by atoms with Gasteiger partial charge >= 0.3 is 0 Å². The van der Waals surface area contributed by atoms with Crippen molar-refractivity contribution in [3.8, 4) is 5.75 Å². The summed E-state index contributed by atoms with van der Waals surface area (Å²) in [6, 6.07) is 11.7. The van der Waals surface area contributed by atoms with Gasteiger partial charge in [0.05, 0.1) is 0 Å². The van der Waals surface area contributed by atoms with Gasteiger partial charge in [0, 0.05) is 10.7 Å². The second kappa shape index (κ2) is 8.29. The van der Waals surface area contributed by atoms with E-state index in [1.54, 1.807) is 12.3 Å². The van der Waals surface area contributed by atoms with E-state index < -0.39 is 0 Å². The molecule has 24 heavy (non-hydrogen) atoms. The van der Waals surface area contributed by atoms with Crippen molar-refractivity contribution < 1.29 is 9.53 Å². The molecule has 3 rings (SSSR count). The maximum Gasteiger partial charge on any atom is 0.263 e. The molecule has 1 heterocycles. The van der Waals surface area contributed by atoms with E-state index in [1.165, 1.54) is 37.7 Å². The van der Waals surface area contributed by atoms with Crippen LogP contribution in [0.1, 0.15) is 43.6 Å². The van der Waals surface area contributed by atoms with E-state index in [0.29, 0.717) is 17.5 Å². The molecule has 0 radical (unpaired) electrons. The van der Waals surface area contributed by atoms with Crippen molar-refractivity contribution in [2.24, 2.45) is 0 Å². The number of amides is 1. The predicted molar refractivity (Wildman–Crippen MR) is 98.3 cm³/mol. The summed E-state index contributed by atoms with van der Waals surface area (Å²) < 4.78 is 6.43. The number of benzene rings is 1. The van der Waals surface area contributed by atoms with Gasteiger partial charge in [-0.25, -0.2) is 4.98 Å². The molecule has 4 nitrogen and oxygen atoms in total. The first-order valence-corrected chi connectivity index (χ1v) is 9.14. The van der Waals surface area contributed by atoms with Gasteiger partial charge in [-0.15, -0.1) is 0 Å². The number of nitrogens with zero attached hydrogens (tertiary/aromatic N) is 1. The van der Waals surface area contributed by atoms with Gasteiger partial charge in [-0.1, -0.05) is 31.4 Å². The number of ether oxygens (including phenoxy) is 1. The molecular weight excluding hydrogens is 368 g/mol. The number of anilines is 1. The zero-order valence-corrected chi connectivity index (χ0v) is 15.1. The largest absolute Gasteiger partial charge is 0.484 e. The summed E-state index contributed by atoms with van der Waals surface area (Å²) in [5.41, 5.74) is 1.38. The number of carbonyl (C=O) groups is 1. The Kier molecular flexibility index (Phi) is 5.86. The quantitative estimate of drug-likeness (QED) is 0.791. The van der Waals surface area contributed by atoms with Gasteiger partial charge in [0.25, 0.3) is 5.91 Å². The van der Waals surface area contributed by atoms with Crippen molar-refractivity contribution in [2.75, 3.05) is 11.9 Å². The topological polar surface area (TPSA) is 51.2 Å². The number of carbonyl (C=O) groups excluding carboxylic acids is 1. The average Bonchev–Trinajstić information content (AvgIpc) is 2.63. The SMILES string of the molecule is O=C(COc1ccc(C2CCCCC2)cc1)Nc1ccc(Br)cn1. The number of rotatable bonds is 5. The van der Waals surface area contributed by atoms with E-state index in [4.69, 9.17) is 4.74 Å². The first-order valence-electron chi connectivity index (χ1n) is 8.35. The molecule has 1 aliphatic carbocycles. The van der Waals surface area contributed by atoms with Crippen LogP contribution in [0.2, 0.25) is 0 Å². The van der Waals surface area contributed by atoms with Crippen molar-refractivity contribution in [1.29, 1.82) is 0 Å². The van der Waals surface area contributed by atoms with E-state index in [9.17, 15) is 4.79 Å². The lowest BCUT2D eigenvalue weighted by Gasteiger charge is -2.22. The Balaban J connectivity index is 1.49. The molecule has 0 atom stereocenters. The average molecular weight is 389 g/mol. The lowest BCUT2D eigenvalue weighted by Crippen LogP contribution is -2.20. The number of hydrogen-bond donors (Lipinski definition) is 1. The third-order valence-electron chi connectivity index (χ3n) is 4.32.